The van der Waals surface area contributed by atoms with E-state index in [-0.39, 0.29) is 5.91 Å². The zero-order valence-electron chi connectivity index (χ0n) is 23.9. The Bertz CT molecular complexity index is 1680. The Labute approximate surface area is 245 Å². The lowest BCUT2D eigenvalue weighted by Gasteiger charge is -2.29. The van der Waals surface area contributed by atoms with Crippen LogP contribution in [0.5, 0.6) is 11.5 Å². The Morgan fingerprint density at radius 1 is 0.881 bits per heavy atom. The number of rotatable bonds is 10. The van der Waals surface area contributed by atoms with Crippen molar-refractivity contribution in [3.8, 4) is 22.8 Å². The summed E-state index contributed by atoms with van der Waals surface area (Å²) < 4.78 is 19.1. The number of ether oxygens (including phenoxy) is 3. The lowest BCUT2D eigenvalue weighted by Crippen LogP contribution is -2.37. The fourth-order valence-corrected chi connectivity index (χ4v) is 5.45. The number of benzene rings is 3. The minimum absolute atomic E-state index is 0.0468. The van der Waals surface area contributed by atoms with Crippen molar-refractivity contribution in [2.45, 2.75) is 26.2 Å². The predicted molar refractivity (Wildman–Crippen MR) is 163 cm³/mol. The van der Waals surface area contributed by atoms with Gasteiger partial charge in [0.15, 0.2) is 11.5 Å². The van der Waals surface area contributed by atoms with Gasteiger partial charge in [0.1, 0.15) is 5.65 Å². The van der Waals surface area contributed by atoms with Gasteiger partial charge in [0, 0.05) is 30.5 Å². The number of pyridine rings is 1. The first-order chi connectivity index (χ1) is 20.6. The Morgan fingerprint density at radius 2 is 1.62 bits per heavy atom. The normalized spacial score (nSPS) is 13.1. The van der Waals surface area contributed by atoms with Gasteiger partial charge >= 0.3 is 0 Å². The number of amides is 1. The van der Waals surface area contributed by atoms with Crippen molar-refractivity contribution < 1.29 is 19.0 Å². The average molecular weight is 563 g/mol. The third-order valence-electron chi connectivity index (χ3n) is 7.59. The lowest BCUT2D eigenvalue weighted by atomic mass is 9.99. The van der Waals surface area contributed by atoms with Crippen LogP contribution in [0.25, 0.3) is 16.9 Å². The van der Waals surface area contributed by atoms with Gasteiger partial charge in [0.2, 0.25) is 5.91 Å². The van der Waals surface area contributed by atoms with Crippen LogP contribution in [0.2, 0.25) is 0 Å². The second-order valence-electron chi connectivity index (χ2n) is 10.4. The van der Waals surface area contributed by atoms with Crippen LogP contribution in [0.15, 0.2) is 91.1 Å². The quantitative estimate of drug-likeness (QED) is 0.234. The van der Waals surface area contributed by atoms with E-state index in [4.69, 9.17) is 19.2 Å². The summed E-state index contributed by atoms with van der Waals surface area (Å²) in [7, 11) is 3.29. The SMILES string of the molecule is COc1cc2c(cc1OC)CN(CC(=O)Nc1ccc(-c3nc4ccccn4c3COCc3ccccc3)cc1)CC2. The van der Waals surface area contributed by atoms with Crippen molar-refractivity contribution in [2.24, 2.45) is 0 Å². The smallest absolute Gasteiger partial charge is 0.238 e. The molecule has 2 aromatic heterocycles. The number of imidazole rings is 1. The van der Waals surface area contributed by atoms with Crippen LogP contribution in [-0.4, -0.2) is 47.5 Å². The molecule has 0 radical (unpaired) electrons. The van der Waals surface area contributed by atoms with Gasteiger partial charge in [-0.25, -0.2) is 4.98 Å². The van der Waals surface area contributed by atoms with E-state index >= 15 is 0 Å². The van der Waals surface area contributed by atoms with Gasteiger partial charge < -0.3 is 23.9 Å². The van der Waals surface area contributed by atoms with Gasteiger partial charge in [-0.15, -0.1) is 0 Å². The second-order valence-corrected chi connectivity index (χ2v) is 10.4. The van der Waals surface area contributed by atoms with Gasteiger partial charge in [-0.3, -0.25) is 9.69 Å². The van der Waals surface area contributed by atoms with Crippen molar-refractivity contribution >= 4 is 17.2 Å². The maximum atomic E-state index is 12.9. The molecule has 1 aliphatic rings. The molecule has 8 nitrogen and oxygen atoms in total. The van der Waals surface area contributed by atoms with Crippen LogP contribution < -0.4 is 14.8 Å². The molecular weight excluding hydrogens is 528 g/mol. The first kappa shape index (κ1) is 27.5. The third-order valence-corrected chi connectivity index (χ3v) is 7.59. The van der Waals surface area contributed by atoms with Crippen LogP contribution >= 0.6 is 0 Å². The highest BCUT2D eigenvalue weighted by molar-refractivity contribution is 5.92. The molecule has 42 heavy (non-hydrogen) atoms. The summed E-state index contributed by atoms with van der Waals surface area (Å²) in [5, 5.41) is 3.05. The molecule has 1 amide bonds. The molecule has 0 aliphatic carbocycles. The first-order valence-electron chi connectivity index (χ1n) is 14.1. The molecule has 6 rings (SSSR count). The van der Waals surface area contributed by atoms with Crippen molar-refractivity contribution in [3.63, 3.8) is 0 Å². The Hall–Kier alpha value is -4.66. The van der Waals surface area contributed by atoms with Crippen LogP contribution in [0.1, 0.15) is 22.4 Å². The van der Waals surface area contributed by atoms with Crippen molar-refractivity contribution in [1.82, 2.24) is 14.3 Å². The number of hydrogen-bond donors (Lipinski definition) is 1. The summed E-state index contributed by atoms with van der Waals surface area (Å²) in [5.74, 6) is 1.40. The molecule has 3 aromatic carbocycles. The summed E-state index contributed by atoms with van der Waals surface area (Å²) in [6.07, 6.45) is 2.86. The number of methoxy groups -OCH3 is 2. The van der Waals surface area contributed by atoms with Gasteiger partial charge in [-0.2, -0.15) is 0 Å². The Kier molecular flexibility index (Phi) is 8.16. The van der Waals surface area contributed by atoms with Crippen LogP contribution in [0.3, 0.4) is 0 Å². The van der Waals surface area contributed by atoms with Crippen LogP contribution in [0.4, 0.5) is 5.69 Å². The second kappa shape index (κ2) is 12.5. The summed E-state index contributed by atoms with van der Waals surface area (Å²) in [5.41, 5.74) is 7.95. The third kappa shape index (κ3) is 6.00. The van der Waals surface area contributed by atoms with Crippen LogP contribution in [0, 0.1) is 0 Å². The molecule has 0 fully saturated rings. The number of aromatic nitrogens is 2. The number of hydrogen-bond acceptors (Lipinski definition) is 6. The molecule has 3 heterocycles. The number of fused-ring (bicyclic) bond motifs is 2. The Morgan fingerprint density at radius 3 is 2.38 bits per heavy atom. The highest BCUT2D eigenvalue weighted by atomic mass is 16.5. The van der Waals surface area contributed by atoms with E-state index < -0.39 is 0 Å². The van der Waals surface area contributed by atoms with Crippen molar-refractivity contribution in [1.29, 1.82) is 0 Å². The molecule has 5 aromatic rings. The number of carbonyl (C=O) groups excluding carboxylic acids is 1. The summed E-state index contributed by atoms with van der Waals surface area (Å²) >= 11 is 0. The molecule has 0 bridgehead atoms. The highest BCUT2D eigenvalue weighted by Crippen LogP contribution is 2.33. The monoisotopic (exact) mass is 562 g/mol. The van der Waals surface area contributed by atoms with E-state index in [1.54, 1.807) is 14.2 Å². The standard InChI is InChI=1S/C34H34N4O4/c1-40-30-18-26-15-17-37(20-27(26)19-31(30)41-2)21-33(39)35-28-13-11-25(12-14-28)34-29(38-16-7-6-10-32(38)36-34)23-42-22-24-8-4-3-5-9-24/h3-14,16,18-19H,15,17,20-23H2,1-2H3,(H,35,39). The van der Waals surface area contributed by atoms with E-state index in [9.17, 15) is 4.79 Å². The minimum Gasteiger partial charge on any atom is -0.493 e. The highest BCUT2D eigenvalue weighted by Gasteiger charge is 2.21. The predicted octanol–water partition coefficient (Wildman–Crippen LogP) is 5.73. The molecule has 0 spiro atoms. The van der Waals surface area contributed by atoms with Gasteiger partial charge in [0.05, 0.1) is 45.4 Å². The molecule has 0 saturated heterocycles. The molecule has 214 valence electrons. The molecule has 0 unspecified atom stereocenters. The van der Waals surface area contributed by atoms with E-state index in [1.165, 1.54) is 5.56 Å². The zero-order chi connectivity index (χ0) is 28.9. The molecular formula is C34H34N4O4. The topological polar surface area (TPSA) is 77.3 Å². The molecule has 1 N–H and O–H groups in total. The van der Waals surface area contributed by atoms with Gasteiger partial charge in [0.25, 0.3) is 0 Å². The maximum Gasteiger partial charge on any atom is 0.238 e. The van der Waals surface area contributed by atoms with E-state index in [0.29, 0.717) is 32.1 Å². The average Bonchev–Trinajstić information content (AvgIpc) is 3.39. The van der Waals surface area contributed by atoms with E-state index in [2.05, 4.69) is 26.8 Å². The first-order valence-corrected chi connectivity index (χ1v) is 14.1. The molecule has 1 aliphatic heterocycles. The summed E-state index contributed by atoms with van der Waals surface area (Å²) in [6.45, 7) is 2.74. The number of carbonyl (C=O) groups is 1. The van der Waals surface area contributed by atoms with Gasteiger partial charge in [-0.1, -0.05) is 48.5 Å². The van der Waals surface area contributed by atoms with E-state index in [1.807, 2.05) is 79.0 Å². The molecule has 8 heteroatoms. The van der Waals surface area contributed by atoms with Gasteiger partial charge in [-0.05, 0) is 59.5 Å². The fourth-order valence-electron chi connectivity index (χ4n) is 5.45. The van der Waals surface area contributed by atoms with Crippen molar-refractivity contribution in [3.05, 3.63) is 114 Å². The minimum atomic E-state index is -0.0468. The maximum absolute atomic E-state index is 12.9. The van der Waals surface area contributed by atoms with Crippen LogP contribution in [-0.2, 0) is 35.7 Å². The summed E-state index contributed by atoms with van der Waals surface area (Å²) in [4.78, 5) is 20.0. The number of nitrogens with zero attached hydrogens (tertiary/aromatic N) is 3. The number of anilines is 1. The Balaban J connectivity index is 1.11. The molecule has 0 atom stereocenters. The lowest BCUT2D eigenvalue weighted by molar-refractivity contribution is -0.117. The number of nitrogens with one attached hydrogen (secondary N) is 1. The fraction of sp³-hybridized carbons (Fsp3) is 0.235. The summed E-state index contributed by atoms with van der Waals surface area (Å²) in [6, 6.07) is 28.0. The van der Waals surface area contributed by atoms with E-state index in [0.717, 1.165) is 58.1 Å². The zero-order valence-corrected chi connectivity index (χ0v) is 23.9. The largest absolute Gasteiger partial charge is 0.493 e. The molecule has 0 saturated carbocycles. The van der Waals surface area contributed by atoms with Crippen molar-refractivity contribution in [2.75, 3.05) is 32.6 Å².